The first-order valence-electron chi connectivity index (χ1n) is 3.63. The van der Waals surface area contributed by atoms with Crippen LogP contribution in [0.25, 0.3) is 0 Å². The Morgan fingerprint density at radius 3 is 2.08 bits per heavy atom. The van der Waals surface area contributed by atoms with Gasteiger partial charge in [0.05, 0.1) is 0 Å². The van der Waals surface area contributed by atoms with Crippen LogP contribution < -0.4 is 0 Å². The summed E-state index contributed by atoms with van der Waals surface area (Å²) in [6.45, 7) is 1.82. The molecule has 1 rings (SSSR count). The van der Waals surface area contributed by atoms with Crippen LogP contribution in [0.5, 0.6) is 0 Å². The van der Waals surface area contributed by atoms with E-state index < -0.39 is 16.6 Å². The van der Waals surface area contributed by atoms with E-state index in [9.17, 15) is 9.81 Å². The van der Waals surface area contributed by atoms with Crippen molar-refractivity contribution in [2.24, 2.45) is 7.47 Å². The maximum absolute atomic E-state index is 10.6. The third kappa shape index (κ3) is 1.44. The van der Waals surface area contributed by atoms with Gasteiger partial charge in [-0.05, 0) is 0 Å². The van der Waals surface area contributed by atoms with E-state index >= 15 is 0 Å². The van der Waals surface area contributed by atoms with Crippen LogP contribution in [0.4, 0.5) is 0 Å². The molecule has 0 bridgehead atoms. The number of hydrogen-bond acceptors (Lipinski definition) is 4. The summed E-state index contributed by atoms with van der Waals surface area (Å²) in [6, 6.07) is 0. The molecule has 0 unspecified atom stereocenters. The molecule has 5 heteroatoms. The molecule has 0 saturated carbocycles. The molecule has 66 valence electrons. The van der Waals surface area contributed by atoms with Crippen molar-refractivity contribution in [1.29, 1.82) is 0 Å². The first-order valence-corrected chi connectivity index (χ1v) is 10.0. The Morgan fingerprint density at radius 1 is 1.25 bits per heavy atom. The van der Waals surface area contributed by atoms with E-state index in [4.69, 9.17) is 0 Å². The Hall–Kier alpha value is -0.632. The predicted molar refractivity (Wildman–Crippen MR) is 44.1 cm³/mol. The summed E-state index contributed by atoms with van der Waals surface area (Å²) in [4.78, 5) is 21.7. The van der Waals surface area contributed by atoms with Gasteiger partial charge in [0.2, 0.25) is 0 Å². The summed E-state index contributed by atoms with van der Waals surface area (Å²) in [5.41, 5.74) is 0. The Morgan fingerprint density at radius 2 is 1.75 bits per heavy atom. The molecule has 0 spiro atoms. The number of allylic oxidation sites excluding steroid dienone is 4. The van der Waals surface area contributed by atoms with Gasteiger partial charge in [-0.25, -0.2) is 0 Å². The third-order valence-corrected chi connectivity index (χ3v) is 11.0. The summed E-state index contributed by atoms with van der Waals surface area (Å²) in [5.74, 6) is 0. The van der Waals surface area contributed by atoms with Gasteiger partial charge in [0, 0.05) is 0 Å². The predicted octanol–water partition coefficient (Wildman–Crippen LogP) is 2.86. The first kappa shape index (κ1) is 9.46. The normalized spacial score (nSPS) is 18.1. The topological polar surface area (TPSA) is 58.9 Å². The Bertz CT molecular complexity index is 230. The SMILES string of the molecule is C[CH2][W]([N]=O)([N]=O)[CH]1C=CC=C1. The molecule has 0 heterocycles. The summed E-state index contributed by atoms with van der Waals surface area (Å²) in [6.07, 6.45) is 7.37. The monoisotopic (exact) mass is 338 g/mol. The van der Waals surface area contributed by atoms with Crippen molar-refractivity contribution in [1.82, 2.24) is 0 Å². The Labute approximate surface area is 74.5 Å². The fourth-order valence-electron chi connectivity index (χ4n) is 1.07. The molecular formula is C7H10N2O2W. The second-order valence-corrected chi connectivity index (χ2v) is 12.6. The van der Waals surface area contributed by atoms with Gasteiger partial charge in [0.1, 0.15) is 0 Å². The molecule has 0 atom stereocenters. The molecule has 0 aliphatic heterocycles. The van der Waals surface area contributed by atoms with Gasteiger partial charge in [-0.2, -0.15) is 0 Å². The van der Waals surface area contributed by atoms with Crippen LogP contribution in [-0.4, -0.2) is 0 Å². The van der Waals surface area contributed by atoms with Crippen LogP contribution in [0.1, 0.15) is 6.92 Å². The van der Waals surface area contributed by atoms with E-state index in [0.29, 0.717) is 4.81 Å². The number of hydrogen-bond donors (Lipinski definition) is 0. The molecule has 0 aromatic rings. The Kier molecular flexibility index (Phi) is 3.04. The van der Waals surface area contributed by atoms with Crippen LogP contribution in [-0.2, 0) is 16.6 Å². The molecule has 1 aliphatic rings. The van der Waals surface area contributed by atoms with Crippen LogP contribution in [0, 0.1) is 9.81 Å². The first-order chi connectivity index (χ1) is 5.79. The van der Waals surface area contributed by atoms with E-state index in [1.54, 1.807) is 0 Å². The number of nitrogens with zero attached hydrogens (tertiary/aromatic N) is 2. The zero-order valence-electron chi connectivity index (χ0n) is 6.71. The minimum absolute atomic E-state index is 0.0579. The Balaban J connectivity index is 2.91. The maximum atomic E-state index is 10.6. The summed E-state index contributed by atoms with van der Waals surface area (Å²) in [5, 5.41) is 0. The molecule has 0 saturated heterocycles. The standard InChI is InChI=1S/C5H5.C2H5.2NO.W/c1-2-4-5-3-1;3*1-2;/h1-5H;1H2,2H3;;;/q;;2*-1;+2. The van der Waals surface area contributed by atoms with Gasteiger partial charge in [-0.3, -0.25) is 0 Å². The van der Waals surface area contributed by atoms with Gasteiger partial charge in [0.25, 0.3) is 0 Å². The van der Waals surface area contributed by atoms with Crippen molar-refractivity contribution >= 4 is 0 Å². The van der Waals surface area contributed by atoms with Crippen molar-refractivity contribution in [3.8, 4) is 0 Å². The quantitative estimate of drug-likeness (QED) is 0.740. The number of rotatable bonds is 4. The van der Waals surface area contributed by atoms with Crippen molar-refractivity contribution in [3.05, 3.63) is 34.1 Å². The second kappa shape index (κ2) is 3.85. The van der Waals surface area contributed by atoms with E-state index in [2.05, 4.69) is 7.47 Å². The van der Waals surface area contributed by atoms with E-state index in [0.717, 1.165) is 0 Å². The molecule has 4 nitrogen and oxygen atoms in total. The molecule has 0 N–H and O–H groups in total. The molecular weight excluding hydrogens is 328 g/mol. The van der Waals surface area contributed by atoms with Crippen LogP contribution in [0.2, 0.25) is 9.12 Å². The molecule has 0 aromatic heterocycles. The van der Waals surface area contributed by atoms with Crippen LogP contribution >= 0.6 is 0 Å². The van der Waals surface area contributed by atoms with Crippen molar-refractivity contribution in [2.45, 2.75) is 16.0 Å². The minimum atomic E-state index is -3.56. The van der Waals surface area contributed by atoms with Gasteiger partial charge in [0.15, 0.2) is 0 Å². The van der Waals surface area contributed by atoms with Crippen LogP contribution in [0.15, 0.2) is 31.8 Å². The third-order valence-electron chi connectivity index (χ3n) is 1.83. The molecule has 0 amide bonds. The fourth-order valence-corrected chi connectivity index (χ4v) is 6.49. The van der Waals surface area contributed by atoms with Crippen molar-refractivity contribution < 1.29 is 16.6 Å². The fraction of sp³-hybridized carbons (Fsp3) is 0.429. The summed E-state index contributed by atoms with van der Waals surface area (Å²) >= 11 is -3.56. The second-order valence-electron chi connectivity index (χ2n) is 2.39. The summed E-state index contributed by atoms with van der Waals surface area (Å²) < 4.78 is 5.97. The number of nitroso groups, excluding NO2 is 2. The van der Waals surface area contributed by atoms with E-state index in [-0.39, 0.29) is 4.31 Å². The van der Waals surface area contributed by atoms with E-state index in [1.807, 2.05) is 31.2 Å². The van der Waals surface area contributed by atoms with Crippen molar-refractivity contribution in [2.75, 3.05) is 0 Å². The van der Waals surface area contributed by atoms with E-state index in [1.165, 1.54) is 0 Å². The molecule has 12 heavy (non-hydrogen) atoms. The zero-order valence-corrected chi connectivity index (χ0v) is 9.65. The summed E-state index contributed by atoms with van der Waals surface area (Å²) in [7, 11) is 0. The average Bonchev–Trinajstić information content (AvgIpc) is 2.62. The molecule has 0 radical (unpaired) electrons. The van der Waals surface area contributed by atoms with Gasteiger partial charge >= 0.3 is 74.2 Å². The van der Waals surface area contributed by atoms with Gasteiger partial charge in [-0.15, -0.1) is 0 Å². The molecule has 0 fully saturated rings. The van der Waals surface area contributed by atoms with Crippen molar-refractivity contribution in [3.63, 3.8) is 0 Å². The zero-order chi connectivity index (χ0) is 9.03. The van der Waals surface area contributed by atoms with Gasteiger partial charge < -0.3 is 0 Å². The van der Waals surface area contributed by atoms with Gasteiger partial charge in [-0.1, -0.05) is 0 Å². The molecule has 0 aromatic carbocycles. The molecule has 1 aliphatic carbocycles. The average molecular weight is 338 g/mol. The van der Waals surface area contributed by atoms with Crippen LogP contribution in [0.3, 0.4) is 0 Å².